The number of nitrogens with zero attached hydrogens (tertiary/aromatic N) is 1. The van der Waals surface area contributed by atoms with Crippen LogP contribution in [0.1, 0.15) is 45.7 Å². The first-order chi connectivity index (χ1) is 10.2. The van der Waals surface area contributed by atoms with E-state index in [0.717, 1.165) is 29.8 Å². The summed E-state index contributed by atoms with van der Waals surface area (Å²) in [6.07, 6.45) is 4.73. The molecule has 1 amide bonds. The van der Waals surface area contributed by atoms with Gasteiger partial charge in [-0.25, -0.2) is 0 Å². The van der Waals surface area contributed by atoms with Crippen LogP contribution in [-0.2, 0) is 19.4 Å². The minimum absolute atomic E-state index is 0.0216. The Bertz CT molecular complexity index is 664. The first-order valence-corrected chi connectivity index (χ1v) is 7.55. The molecule has 0 unspecified atom stereocenters. The van der Waals surface area contributed by atoms with Gasteiger partial charge in [-0.1, -0.05) is 12.1 Å². The first kappa shape index (κ1) is 13.8. The van der Waals surface area contributed by atoms with Gasteiger partial charge in [0, 0.05) is 11.3 Å². The molecule has 21 heavy (non-hydrogen) atoms. The standard InChI is InChI=1S/C18H20N2O/c1-13-5-4-8-17(20-13)12-19-18(21)16-10-9-14-6-2-3-7-15(14)11-16/h4-5,8-11H,2-3,6-7,12H2,1H3,(H,19,21). The van der Waals surface area contributed by atoms with Crippen LogP contribution in [0.3, 0.4) is 0 Å². The largest absolute Gasteiger partial charge is 0.346 e. The van der Waals surface area contributed by atoms with Crippen molar-refractivity contribution in [3.63, 3.8) is 0 Å². The third kappa shape index (κ3) is 3.30. The molecule has 0 fully saturated rings. The molecule has 3 rings (SSSR count). The summed E-state index contributed by atoms with van der Waals surface area (Å²) >= 11 is 0. The molecule has 108 valence electrons. The lowest BCUT2D eigenvalue weighted by molar-refractivity contribution is 0.0950. The molecule has 0 bridgehead atoms. The number of hydrogen-bond donors (Lipinski definition) is 1. The summed E-state index contributed by atoms with van der Waals surface area (Å²) in [6.45, 7) is 2.42. The zero-order chi connectivity index (χ0) is 14.7. The molecule has 3 nitrogen and oxygen atoms in total. The van der Waals surface area contributed by atoms with E-state index in [1.54, 1.807) is 0 Å². The molecule has 0 spiro atoms. The molecule has 0 saturated carbocycles. The zero-order valence-electron chi connectivity index (χ0n) is 12.4. The van der Waals surface area contributed by atoms with Crippen molar-refractivity contribution >= 4 is 5.91 Å². The molecule has 1 N–H and O–H groups in total. The fraction of sp³-hybridized carbons (Fsp3) is 0.333. The van der Waals surface area contributed by atoms with Crippen LogP contribution in [0.25, 0.3) is 0 Å². The third-order valence-electron chi connectivity index (χ3n) is 3.99. The quantitative estimate of drug-likeness (QED) is 0.938. The number of amides is 1. The lowest BCUT2D eigenvalue weighted by Crippen LogP contribution is -2.23. The maximum Gasteiger partial charge on any atom is 0.251 e. The third-order valence-corrected chi connectivity index (χ3v) is 3.99. The van der Waals surface area contributed by atoms with Crippen molar-refractivity contribution in [3.8, 4) is 0 Å². The van der Waals surface area contributed by atoms with Crippen molar-refractivity contribution in [2.24, 2.45) is 0 Å². The van der Waals surface area contributed by atoms with Crippen LogP contribution >= 0.6 is 0 Å². The molecule has 3 heteroatoms. The van der Waals surface area contributed by atoms with Crippen LogP contribution in [0.2, 0.25) is 0 Å². The first-order valence-electron chi connectivity index (χ1n) is 7.55. The molecule has 1 aromatic heterocycles. The van der Waals surface area contributed by atoms with E-state index in [1.807, 2.05) is 37.3 Å². The number of pyridine rings is 1. The summed E-state index contributed by atoms with van der Waals surface area (Å²) in [5, 5.41) is 2.95. The summed E-state index contributed by atoms with van der Waals surface area (Å²) in [4.78, 5) is 16.6. The highest BCUT2D eigenvalue weighted by molar-refractivity contribution is 5.94. The second kappa shape index (κ2) is 6.08. The predicted molar refractivity (Wildman–Crippen MR) is 83.2 cm³/mol. The Kier molecular flexibility index (Phi) is 4.00. The number of hydrogen-bond acceptors (Lipinski definition) is 2. The molecule has 1 aromatic carbocycles. The van der Waals surface area contributed by atoms with Crippen molar-refractivity contribution in [2.45, 2.75) is 39.2 Å². The highest BCUT2D eigenvalue weighted by atomic mass is 16.1. The van der Waals surface area contributed by atoms with Gasteiger partial charge < -0.3 is 5.32 Å². The minimum Gasteiger partial charge on any atom is -0.346 e. The molecular formula is C18H20N2O. The number of aryl methyl sites for hydroxylation is 3. The van der Waals surface area contributed by atoms with Gasteiger partial charge in [-0.05, 0) is 68.0 Å². The van der Waals surface area contributed by atoms with E-state index in [4.69, 9.17) is 0 Å². The zero-order valence-corrected chi connectivity index (χ0v) is 12.4. The average molecular weight is 280 g/mol. The van der Waals surface area contributed by atoms with Crippen molar-refractivity contribution in [1.82, 2.24) is 10.3 Å². The summed E-state index contributed by atoms with van der Waals surface area (Å²) in [6, 6.07) is 11.9. The van der Waals surface area contributed by atoms with E-state index < -0.39 is 0 Å². The number of nitrogens with one attached hydrogen (secondary N) is 1. The molecular weight excluding hydrogens is 260 g/mol. The fourth-order valence-corrected chi connectivity index (χ4v) is 2.85. The number of benzene rings is 1. The van der Waals surface area contributed by atoms with Gasteiger partial charge in [0.05, 0.1) is 12.2 Å². The molecule has 1 aliphatic carbocycles. The van der Waals surface area contributed by atoms with Gasteiger partial charge in [-0.2, -0.15) is 0 Å². The Morgan fingerprint density at radius 2 is 1.95 bits per heavy atom. The van der Waals surface area contributed by atoms with Crippen LogP contribution in [0, 0.1) is 6.92 Å². The molecule has 0 atom stereocenters. The summed E-state index contributed by atoms with van der Waals surface area (Å²) < 4.78 is 0. The Morgan fingerprint density at radius 3 is 2.76 bits per heavy atom. The molecule has 0 aliphatic heterocycles. The van der Waals surface area contributed by atoms with E-state index in [0.29, 0.717) is 6.54 Å². The maximum absolute atomic E-state index is 12.2. The van der Waals surface area contributed by atoms with Gasteiger partial charge in [0.25, 0.3) is 5.91 Å². The molecule has 1 heterocycles. The molecule has 0 radical (unpaired) electrons. The van der Waals surface area contributed by atoms with Crippen LogP contribution in [0.4, 0.5) is 0 Å². The number of aromatic nitrogens is 1. The fourth-order valence-electron chi connectivity index (χ4n) is 2.85. The highest BCUT2D eigenvalue weighted by Crippen LogP contribution is 2.22. The Hall–Kier alpha value is -2.16. The van der Waals surface area contributed by atoms with Crippen LogP contribution in [0.15, 0.2) is 36.4 Å². The van der Waals surface area contributed by atoms with Gasteiger partial charge in [0.15, 0.2) is 0 Å². The van der Waals surface area contributed by atoms with Gasteiger partial charge in [-0.3, -0.25) is 9.78 Å². The Morgan fingerprint density at radius 1 is 1.14 bits per heavy atom. The second-order valence-corrected chi connectivity index (χ2v) is 5.64. The summed E-state index contributed by atoms with van der Waals surface area (Å²) in [5.74, 6) is -0.0216. The topological polar surface area (TPSA) is 42.0 Å². The molecule has 0 saturated heterocycles. The van der Waals surface area contributed by atoms with Gasteiger partial charge in [0.1, 0.15) is 0 Å². The van der Waals surface area contributed by atoms with E-state index in [-0.39, 0.29) is 5.91 Å². The van der Waals surface area contributed by atoms with Crippen LogP contribution in [0.5, 0.6) is 0 Å². The van der Waals surface area contributed by atoms with Crippen molar-refractivity contribution < 1.29 is 4.79 Å². The lowest BCUT2D eigenvalue weighted by Gasteiger charge is -2.16. The highest BCUT2D eigenvalue weighted by Gasteiger charge is 2.12. The number of carbonyl (C=O) groups excluding carboxylic acids is 1. The smallest absolute Gasteiger partial charge is 0.251 e. The van der Waals surface area contributed by atoms with Crippen molar-refractivity contribution in [2.75, 3.05) is 0 Å². The van der Waals surface area contributed by atoms with E-state index >= 15 is 0 Å². The summed E-state index contributed by atoms with van der Waals surface area (Å²) in [5.41, 5.74) is 5.35. The monoisotopic (exact) mass is 280 g/mol. The lowest BCUT2D eigenvalue weighted by atomic mass is 9.90. The maximum atomic E-state index is 12.2. The van der Waals surface area contributed by atoms with Crippen LogP contribution in [-0.4, -0.2) is 10.9 Å². The Balaban J connectivity index is 1.68. The average Bonchev–Trinajstić information content (AvgIpc) is 2.52. The normalized spacial score (nSPS) is 13.6. The van der Waals surface area contributed by atoms with E-state index in [2.05, 4.69) is 16.4 Å². The number of fused-ring (bicyclic) bond motifs is 1. The van der Waals surface area contributed by atoms with Crippen molar-refractivity contribution in [3.05, 3.63) is 64.5 Å². The van der Waals surface area contributed by atoms with Crippen LogP contribution < -0.4 is 5.32 Å². The van der Waals surface area contributed by atoms with Crippen molar-refractivity contribution in [1.29, 1.82) is 0 Å². The molecule has 2 aromatic rings. The van der Waals surface area contributed by atoms with Gasteiger partial charge in [0.2, 0.25) is 0 Å². The van der Waals surface area contributed by atoms with Gasteiger partial charge >= 0.3 is 0 Å². The Labute approximate surface area is 125 Å². The second-order valence-electron chi connectivity index (χ2n) is 5.64. The number of rotatable bonds is 3. The van der Waals surface area contributed by atoms with E-state index in [1.165, 1.54) is 24.0 Å². The minimum atomic E-state index is -0.0216. The SMILES string of the molecule is Cc1cccc(CNC(=O)c2ccc3c(c2)CCCC3)n1. The summed E-state index contributed by atoms with van der Waals surface area (Å²) in [7, 11) is 0. The predicted octanol–water partition coefficient (Wildman–Crippen LogP) is 3.20. The van der Waals surface area contributed by atoms with E-state index in [9.17, 15) is 4.79 Å². The van der Waals surface area contributed by atoms with Gasteiger partial charge in [-0.15, -0.1) is 0 Å². The number of carbonyl (C=O) groups is 1. The molecule has 1 aliphatic rings.